The molecule has 1 aliphatic rings. The number of aromatic nitrogens is 2. The number of aryl methyl sites for hydroxylation is 2. The van der Waals surface area contributed by atoms with Gasteiger partial charge in [-0.25, -0.2) is 0 Å². The van der Waals surface area contributed by atoms with Gasteiger partial charge in [-0.1, -0.05) is 12.1 Å². The maximum absolute atomic E-state index is 11.9. The second-order valence-corrected chi connectivity index (χ2v) is 4.99. The predicted octanol–water partition coefficient (Wildman–Crippen LogP) is 1.93. The minimum atomic E-state index is 0.00903. The standard InChI is InChI=1S/C15H17N3O2/c1-18-10-13(9-16-18)17-15(19)5-3-11-2-4-14-12(8-11)6-7-20-14/h2,4,8-10H,3,5-7H2,1H3,(H,17,19). The number of carbonyl (C=O) groups excluding carboxylic acids is 1. The van der Waals surface area contributed by atoms with Crippen LogP contribution in [0.2, 0.25) is 0 Å². The molecule has 20 heavy (non-hydrogen) atoms. The molecule has 1 amide bonds. The van der Waals surface area contributed by atoms with E-state index in [2.05, 4.69) is 16.5 Å². The summed E-state index contributed by atoms with van der Waals surface area (Å²) in [5, 5.41) is 6.85. The van der Waals surface area contributed by atoms with E-state index in [1.54, 1.807) is 17.1 Å². The number of rotatable bonds is 4. The topological polar surface area (TPSA) is 56.2 Å². The second-order valence-electron chi connectivity index (χ2n) is 4.99. The minimum Gasteiger partial charge on any atom is -0.493 e. The van der Waals surface area contributed by atoms with E-state index in [1.807, 2.05) is 19.2 Å². The number of hydrogen-bond donors (Lipinski definition) is 1. The zero-order chi connectivity index (χ0) is 13.9. The van der Waals surface area contributed by atoms with Crippen LogP contribution in [0.1, 0.15) is 17.5 Å². The third-order valence-corrected chi connectivity index (χ3v) is 3.38. The van der Waals surface area contributed by atoms with Gasteiger partial charge in [-0.05, 0) is 23.6 Å². The Morgan fingerprint density at radius 3 is 3.20 bits per heavy atom. The van der Waals surface area contributed by atoms with Crippen molar-refractivity contribution in [3.63, 3.8) is 0 Å². The molecule has 0 spiro atoms. The van der Waals surface area contributed by atoms with Crippen LogP contribution in [0, 0.1) is 0 Å². The number of anilines is 1. The Morgan fingerprint density at radius 2 is 2.40 bits per heavy atom. The van der Waals surface area contributed by atoms with Gasteiger partial charge in [0.2, 0.25) is 5.91 Å². The van der Waals surface area contributed by atoms with E-state index in [4.69, 9.17) is 4.74 Å². The van der Waals surface area contributed by atoms with Crippen LogP contribution >= 0.6 is 0 Å². The Balaban J connectivity index is 1.55. The molecule has 1 aromatic heterocycles. The van der Waals surface area contributed by atoms with Gasteiger partial charge in [0.15, 0.2) is 0 Å². The van der Waals surface area contributed by atoms with Crippen molar-refractivity contribution in [3.05, 3.63) is 41.7 Å². The summed E-state index contributed by atoms with van der Waals surface area (Å²) in [5.74, 6) is 0.989. The number of benzene rings is 1. The van der Waals surface area contributed by atoms with Gasteiger partial charge in [-0.3, -0.25) is 9.48 Å². The van der Waals surface area contributed by atoms with Crippen LogP contribution in [0.3, 0.4) is 0 Å². The molecule has 0 fully saturated rings. The van der Waals surface area contributed by atoms with Crippen LogP contribution < -0.4 is 10.1 Å². The molecule has 1 N–H and O–H groups in total. The van der Waals surface area contributed by atoms with Crippen molar-refractivity contribution in [2.45, 2.75) is 19.3 Å². The summed E-state index contributed by atoms with van der Waals surface area (Å²) in [6.45, 7) is 0.764. The highest BCUT2D eigenvalue weighted by atomic mass is 16.5. The van der Waals surface area contributed by atoms with Crippen LogP contribution in [-0.4, -0.2) is 22.3 Å². The van der Waals surface area contributed by atoms with Gasteiger partial charge in [-0.15, -0.1) is 0 Å². The van der Waals surface area contributed by atoms with Crippen molar-refractivity contribution < 1.29 is 9.53 Å². The molecule has 5 nitrogen and oxygen atoms in total. The smallest absolute Gasteiger partial charge is 0.224 e. The van der Waals surface area contributed by atoms with Crippen LogP contribution in [-0.2, 0) is 24.7 Å². The maximum atomic E-state index is 11.9. The Hall–Kier alpha value is -2.30. The van der Waals surface area contributed by atoms with E-state index in [1.165, 1.54) is 11.1 Å². The predicted molar refractivity (Wildman–Crippen MR) is 75.8 cm³/mol. The average Bonchev–Trinajstić information content (AvgIpc) is 3.04. The lowest BCUT2D eigenvalue weighted by Crippen LogP contribution is -2.11. The zero-order valence-electron chi connectivity index (χ0n) is 11.4. The molecule has 2 aromatic rings. The maximum Gasteiger partial charge on any atom is 0.224 e. The summed E-state index contributed by atoms with van der Waals surface area (Å²) < 4.78 is 7.13. The molecule has 0 bridgehead atoms. The SMILES string of the molecule is Cn1cc(NC(=O)CCc2ccc3c(c2)CCO3)cn1. The first-order chi connectivity index (χ1) is 9.70. The van der Waals surface area contributed by atoms with Gasteiger partial charge in [0.1, 0.15) is 5.75 Å². The normalized spacial score (nSPS) is 12.8. The monoisotopic (exact) mass is 271 g/mol. The van der Waals surface area contributed by atoms with E-state index >= 15 is 0 Å². The Morgan fingerprint density at radius 1 is 1.50 bits per heavy atom. The zero-order valence-corrected chi connectivity index (χ0v) is 11.4. The van der Waals surface area contributed by atoms with Gasteiger partial charge < -0.3 is 10.1 Å². The van der Waals surface area contributed by atoms with Crippen LogP contribution in [0.4, 0.5) is 5.69 Å². The van der Waals surface area contributed by atoms with Crippen molar-refractivity contribution in [1.82, 2.24) is 9.78 Å². The summed E-state index contributed by atoms with van der Waals surface area (Å²) in [6, 6.07) is 6.16. The van der Waals surface area contributed by atoms with Crippen molar-refractivity contribution in [2.75, 3.05) is 11.9 Å². The van der Waals surface area contributed by atoms with Gasteiger partial charge in [-0.2, -0.15) is 5.10 Å². The van der Waals surface area contributed by atoms with Gasteiger partial charge in [0, 0.05) is 26.1 Å². The molecule has 1 aromatic carbocycles. The third-order valence-electron chi connectivity index (χ3n) is 3.38. The lowest BCUT2D eigenvalue weighted by molar-refractivity contribution is -0.116. The fraction of sp³-hybridized carbons (Fsp3) is 0.333. The number of carbonyl (C=O) groups is 1. The fourth-order valence-electron chi connectivity index (χ4n) is 2.36. The molecule has 3 rings (SSSR count). The molecule has 0 unspecified atom stereocenters. The van der Waals surface area contributed by atoms with E-state index in [0.717, 1.165) is 30.9 Å². The summed E-state index contributed by atoms with van der Waals surface area (Å²) >= 11 is 0. The fourth-order valence-corrected chi connectivity index (χ4v) is 2.36. The van der Waals surface area contributed by atoms with E-state index in [9.17, 15) is 4.79 Å². The Kier molecular flexibility index (Phi) is 3.41. The quantitative estimate of drug-likeness (QED) is 0.924. The highest BCUT2D eigenvalue weighted by Crippen LogP contribution is 2.26. The molecule has 2 heterocycles. The lowest BCUT2D eigenvalue weighted by atomic mass is 10.0. The molecule has 0 atom stereocenters. The highest BCUT2D eigenvalue weighted by Gasteiger charge is 2.12. The van der Waals surface area contributed by atoms with Crippen LogP contribution in [0.15, 0.2) is 30.6 Å². The molecule has 0 saturated heterocycles. The highest BCUT2D eigenvalue weighted by molar-refractivity contribution is 5.90. The minimum absolute atomic E-state index is 0.00903. The number of hydrogen-bond acceptors (Lipinski definition) is 3. The lowest BCUT2D eigenvalue weighted by Gasteiger charge is -2.05. The summed E-state index contributed by atoms with van der Waals surface area (Å²) in [5.41, 5.74) is 3.16. The molecule has 0 aliphatic carbocycles. The summed E-state index contributed by atoms with van der Waals surface area (Å²) in [6.07, 6.45) is 5.59. The third kappa shape index (κ3) is 2.82. The van der Waals surface area contributed by atoms with E-state index < -0.39 is 0 Å². The van der Waals surface area contributed by atoms with Gasteiger partial charge in [0.25, 0.3) is 0 Å². The molecule has 104 valence electrons. The molecular weight excluding hydrogens is 254 g/mol. The van der Waals surface area contributed by atoms with Crippen molar-refractivity contribution in [3.8, 4) is 5.75 Å². The van der Waals surface area contributed by atoms with Crippen molar-refractivity contribution >= 4 is 11.6 Å². The molecule has 0 saturated carbocycles. The number of nitrogens with zero attached hydrogens (tertiary/aromatic N) is 2. The van der Waals surface area contributed by atoms with E-state index in [-0.39, 0.29) is 5.91 Å². The van der Waals surface area contributed by atoms with Gasteiger partial charge >= 0.3 is 0 Å². The largest absolute Gasteiger partial charge is 0.493 e. The first-order valence-electron chi connectivity index (χ1n) is 6.74. The first-order valence-corrected chi connectivity index (χ1v) is 6.74. The number of amides is 1. The van der Waals surface area contributed by atoms with Crippen LogP contribution in [0.5, 0.6) is 5.75 Å². The van der Waals surface area contributed by atoms with Crippen molar-refractivity contribution in [1.29, 1.82) is 0 Å². The number of nitrogens with one attached hydrogen (secondary N) is 1. The Bertz CT molecular complexity index is 634. The average molecular weight is 271 g/mol. The number of ether oxygens (including phenoxy) is 1. The molecular formula is C15H17N3O2. The van der Waals surface area contributed by atoms with E-state index in [0.29, 0.717) is 6.42 Å². The molecule has 5 heteroatoms. The summed E-state index contributed by atoms with van der Waals surface area (Å²) in [7, 11) is 1.82. The van der Waals surface area contributed by atoms with Crippen LogP contribution in [0.25, 0.3) is 0 Å². The molecule has 1 aliphatic heterocycles. The summed E-state index contributed by atoms with van der Waals surface area (Å²) in [4.78, 5) is 11.9. The molecule has 0 radical (unpaired) electrons. The van der Waals surface area contributed by atoms with Gasteiger partial charge in [0.05, 0.1) is 18.5 Å². The number of fused-ring (bicyclic) bond motifs is 1. The Labute approximate surface area is 117 Å². The second kappa shape index (κ2) is 5.36. The first kappa shape index (κ1) is 12.7. The van der Waals surface area contributed by atoms with Crippen molar-refractivity contribution in [2.24, 2.45) is 7.05 Å².